The van der Waals surface area contributed by atoms with E-state index in [0.717, 1.165) is 0 Å². The fourth-order valence-corrected chi connectivity index (χ4v) is 3.11. The number of hydrogen-bond acceptors (Lipinski definition) is 5. The Morgan fingerprint density at radius 3 is 2.72 bits per heavy atom. The lowest BCUT2D eigenvalue weighted by Gasteiger charge is -2.38. The second-order valence-electron chi connectivity index (χ2n) is 6.30. The number of aromatic nitrogens is 2. The molecule has 9 heteroatoms. The van der Waals surface area contributed by atoms with Gasteiger partial charge in [0.15, 0.2) is 17.7 Å². The zero-order valence-corrected chi connectivity index (χ0v) is 14.1. The summed E-state index contributed by atoms with van der Waals surface area (Å²) in [6.45, 7) is 2.60. The summed E-state index contributed by atoms with van der Waals surface area (Å²) in [4.78, 5) is 23.5. The van der Waals surface area contributed by atoms with E-state index in [1.807, 2.05) is 0 Å². The molecule has 3 rings (SSSR count). The van der Waals surface area contributed by atoms with Crippen molar-refractivity contribution in [2.75, 3.05) is 37.7 Å². The van der Waals surface area contributed by atoms with E-state index < -0.39 is 17.8 Å². The average molecular weight is 358 g/mol. The van der Waals surface area contributed by atoms with Gasteiger partial charge in [0.2, 0.25) is 0 Å². The third-order valence-corrected chi connectivity index (χ3v) is 4.63. The molecular formula is C16H21F3N4O2. The normalized spacial score (nSPS) is 23.6. The number of anilines is 1. The summed E-state index contributed by atoms with van der Waals surface area (Å²) in [7, 11) is 0. The quantitative estimate of drug-likeness (QED) is 0.822. The maximum atomic E-state index is 14.4. The van der Waals surface area contributed by atoms with Crippen LogP contribution in [0.15, 0.2) is 6.33 Å². The number of amides is 1. The molecule has 6 nitrogen and oxygen atoms in total. The van der Waals surface area contributed by atoms with Crippen LogP contribution in [-0.2, 0) is 16.0 Å². The SMILES string of the molecule is CCc1ncnc(N2CCOC(C(=O)N3CCC(F)(F)CC3)C2)c1F. The van der Waals surface area contributed by atoms with Crippen molar-refractivity contribution in [2.24, 2.45) is 0 Å². The number of likely N-dealkylation sites (tertiary alicyclic amines) is 1. The number of morpholine rings is 1. The van der Waals surface area contributed by atoms with Gasteiger partial charge in [0.1, 0.15) is 6.33 Å². The maximum Gasteiger partial charge on any atom is 0.253 e. The van der Waals surface area contributed by atoms with Gasteiger partial charge >= 0.3 is 0 Å². The highest BCUT2D eigenvalue weighted by molar-refractivity contribution is 5.82. The summed E-state index contributed by atoms with van der Waals surface area (Å²) < 4.78 is 46.4. The van der Waals surface area contributed by atoms with Crippen LogP contribution in [0.5, 0.6) is 0 Å². The molecule has 0 saturated carbocycles. The maximum absolute atomic E-state index is 14.4. The Hall–Kier alpha value is -1.90. The third-order valence-electron chi connectivity index (χ3n) is 4.63. The predicted molar refractivity (Wildman–Crippen MR) is 84.1 cm³/mol. The molecule has 0 spiro atoms. The van der Waals surface area contributed by atoms with Gasteiger partial charge in [-0.15, -0.1) is 0 Å². The minimum atomic E-state index is -2.71. The van der Waals surface area contributed by atoms with E-state index in [2.05, 4.69) is 9.97 Å². The molecule has 1 aromatic heterocycles. The molecule has 1 aromatic rings. The fraction of sp³-hybridized carbons (Fsp3) is 0.688. The van der Waals surface area contributed by atoms with Gasteiger partial charge < -0.3 is 14.5 Å². The Balaban J connectivity index is 1.68. The van der Waals surface area contributed by atoms with Crippen LogP contribution >= 0.6 is 0 Å². The zero-order chi connectivity index (χ0) is 18.0. The Labute approximate surface area is 144 Å². The number of hydrogen-bond donors (Lipinski definition) is 0. The average Bonchev–Trinajstić information content (AvgIpc) is 2.61. The van der Waals surface area contributed by atoms with E-state index in [1.165, 1.54) is 11.2 Å². The van der Waals surface area contributed by atoms with Gasteiger partial charge in [0.05, 0.1) is 18.8 Å². The molecule has 0 aliphatic carbocycles. The summed E-state index contributed by atoms with van der Waals surface area (Å²) in [5.74, 6) is -3.38. The lowest BCUT2D eigenvalue weighted by Crippen LogP contribution is -2.54. The van der Waals surface area contributed by atoms with Crippen LogP contribution in [-0.4, -0.2) is 65.6 Å². The van der Waals surface area contributed by atoms with Crippen LogP contribution in [0.1, 0.15) is 25.5 Å². The van der Waals surface area contributed by atoms with E-state index in [0.29, 0.717) is 18.7 Å². The van der Waals surface area contributed by atoms with Crippen molar-refractivity contribution in [1.82, 2.24) is 14.9 Å². The van der Waals surface area contributed by atoms with Crippen molar-refractivity contribution in [3.05, 3.63) is 17.8 Å². The number of piperidine rings is 1. The molecule has 0 bridgehead atoms. The Kier molecular flexibility index (Phi) is 5.12. The first-order valence-electron chi connectivity index (χ1n) is 8.44. The van der Waals surface area contributed by atoms with Crippen molar-refractivity contribution in [1.29, 1.82) is 0 Å². The molecule has 2 saturated heterocycles. The van der Waals surface area contributed by atoms with Gasteiger partial charge in [0.25, 0.3) is 11.8 Å². The predicted octanol–water partition coefficient (Wildman–Crippen LogP) is 1.64. The largest absolute Gasteiger partial charge is 0.365 e. The number of ether oxygens (including phenoxy) is 1. The minimum Gasteiger partial charge on any atom is -0.365 e. The Bertz CT molecular complexity index is 634. The van der Waals surface area contributed by atoms with Gasteiger partial charge in [-0.1, -0.05) is 6.92 Å². The van der Waals surface area contributed by atoms with Gasteiger partial charge in [-0.3, -0.25) is 4.79 Å². The Morgan fingerprint density at radius 1 is 1.32 bits per heavy atom. The summed E-state index contributed by atoms with van der Waals surface area (Å²) in [5.41, 5.74) is 0.317. The van der Waals surface area contributed by atoms with Gasteiger partial charge in [-0.25, -0.2) is 23.1 Å². The topological polar surface area (TPSA) is 58.6 Å². The molecule has 0 radical (unpaired) electrons. The van der Waals surface area contributed by atoms with Crippen LogP contribution in [0.4, 0.5) is 19.0 Å². The number of carbonyl (C=O) groups is 1. The van der Waals surface area contributed by atoms with Crippen LogP contribution in [0.2, 0.25) is 0 Å². The van der Waals surface area contributed by atoms with E-state index in [-0.39, 0.29) is 50.8 Å². The number of rotatable bonds is 3. The molecule has 0 aromatic carbocycles. The van der Waals surface area contributed by atoms with Crippen molar-refractivity contribution in [2.45, 2.75) is 38.2 Å². The van der Waals surface area contributed by atoms with Gasteiger partial charge in [-0.2, -0.15) is 0 Å². The van der Waals surface area contributed by atoms with Crippen LogP contribution in [0.3, 0.4) is 0 Å². The third kappa shape index (κ3) is 3.86. The van der Waals surface area contributed by atoms with E-state index in [4.69, 9.17) is 4.74 Å². The number of halogens is 3. The summed E-state index contributed by atoms with van der Waals surface area (Å²) >= 11 is 0. The van der Waals surface area contributed by atoms with Crippen LogP contribution in [0, 0.1) is 5.82 Å². The smallest absolute Gasteiger partial charge is 0.253 e. The second-order valence-corrected chi connectivity index (χ2v) is 6.30. The lowest BCUT2D eigenvalue weighted by atomic mass is 10.1. The highest BCUT2D eigenvalue weighted by atomic mass is 19.3. The highest BCUT2D eigenvalue weighted by Crippen LogP contribution is 2.28. The first-order valence-corrected chi connectivity index (χ1v) is 8.44. The number of alkyl halides is 2. The molecular weight excluding hydrogens is 337 g/mol. The molecule has 1 atom stereocenters. The summed E-state index contributed by atoms with van der Waals surface area (Å²) in [5, 5.41) is 0. The van der Waals surface area contributed by atoms with Crippen LogP contribution in [0.25, 0.3) is 0 Å². The molecule has 1 unspecified atom stereocenters. The number of aryl methyl sites for hydroxylation is 1. The molecule has 2 aliphatic rings. The van der Waals surface area contributed by atoms with E-state index in [9.17, 15) is 18.0 Å². The van der Waals surface area contributed by atoms with Crippen molar-refractivity contribution >= 4 is 11.7 Å². The first kappa shape index (κ1) is 17.9. The van der Waals surface area contributed by atoms with E-state index >= 15 is 0 Å². The van der Waals surface area contributed by atoms with Crippen LogP contribution < -0.4 is 4.90 Å². The molecule has 2 aliphatic heterocycles. The zero-order valence-electron chi connectivity index (χ0n) is 14.1. The Morgan fingerprint density at radius 2 is 2.04 bits per heavy atom. The summed E-state index contributed by atoms with van der Waals surface area (Å²) in [6, 6.07) is 0. The number of nitrogens with zero attached hydrogens (tertiary/aromatic N) is 4. The standard InChI is InChI=1S/C16H21F3N4O2/c1-2-11-13(17)14(21-10-20-11)23-7-8-25-12(9-23)15(24)22-5-3-16(18,19)4-6-22/h10,12H,2-9H2,1H3. The lowest BCUT2D eigenvalue weighted by molar-refractivity contribution is -0.150. The molecule has 25 heavy (non-hydrogen) atoms. The van der Waals surface area contributed by atoms with Gasteiger partial charge in [-0.05, 0) is 6.42 Å². The minimum absolute atomic E-state index is 0.00748. The van der Waals surface area contributed by atoms with E-state index in [1.54, 1.807) is 11.8 Å². The first-order chi connectivity index (χ1) is 11.9. The molecule has 3 heterocycles. The fourth-order valence-electron chi connectivity index (χ4n) is 3.11. The number of carbonyl (C=O) groups excluding carboxylic acids is 1. The molecule has 1 amide bonds. The molecule has 0 N–H and O–H groups in total. The highest BCUT2D eigenvalue weighted by Gasteiger charge is 2.39. The second kappa shape index (κ2) is 7.15. The van der Waals surface area contributed by atoms with Crippen molar-refractivity contribution in [3.8, 4) is 0 Å². The molecule has 2 fully saturated rings. The van der Waals surface area contributed by atoms with Gasteiger partial charge in [0, 0.05) is 32.5 Å². The monoisotopic (exact) mass is 358 g/mol. The summed E-state index contributed by atoms with van der Waals surface area (Å²) in [6.07, 6.45) is 0.261. The van der Waals surface area contributed by atoms with Crippen molar-refractivity contribution in [3.63, 3.8) is 0 Å². The molecule has 138 valence electrons. The van der Waals surface area contributed by atoms with Crippen molar-refractivity contribution < 1.29 is 22.7 Å².